The summed E-state index contributed by atoms with van der Waals surface area (Å²) in [6, 6.07) is 14.0. The molecule has 0 radical (unpaired) electrons. The lowest BCUT2D eigenvalue weighted by Gasteiger charge is -2.27. The van der Waals surface area contributed by atoms with Crippen LogP contribution in [0.3, 0.4) is 0 Å². The number of hydrogen-bond acceptors (Lipinski definition) is 3. The monoisotopic (exact) mass is 349 g/mol. The van der Waals surface area contributed by atoms with Crippen molar-refractivity contribution in [2.45, 2.75) is 38.3 Å². The SMILES string of the molecule is O=C(N[C@H]1CCCc2ccccc21)[C@@H]1CC(=O)N(Cc2ccccn2)C1. The molecule has 2 atom stereocenters. The average molecular weight is 349 g/mol. The van der Waals surface area contributed by atoms with Crippen molar-refractivity contribution in [1.29, 1.82) is 0 Å². The molecule has 0 unspecified atom stereocenters. The van der Waals surface area contributed by atoms with Crippen LogP contribution in [0, 0.1) is 5.92 Å². The molecule has 134 valence electrons. The van der Waals surface area contributed by atoms with Crippen LogP contribution in [0.5, 0.6) is 0 Å². The van der Waals surface area contributed by atoms with Crippen molar-refractivity contribution in [1.82, 2.24) is 15.2 Å². The Morgan fingerprint density at radius 3 is 2.88 bits per heavy atom. The molecule has 1 saturated heterocycles. The highest BCUT2D eigenvalue weighted by molar-refractivity contribution is 5.89. The van der Waals surface area contributed by atoms with Crippen LogP contribution in [-0.2, 0) is 22.6 Å². The average Bonchev–Trinajstić information content (AvgIpc) is 3.03. The molecule has 4 rings (SSSR count). The van der Waals surface area contributed by atoms with Gasteiger partial charge in [-0.1, -0.05) is 30.3 Å². The minimum atomic E-state index is -0.277. The number of nitrogens with zero attached hydrogens (tertiary/aromatic N) is 2. The van der Waals surface area contributed by atoms with Gasteiger partial charge in [0.15, 0.2) is 0 Å². The number of benzene rings is 1. The smallest absolute Gasteiger partial charge is 0.225 e. The van der Waals surface area contributed by atoms with E-state index in [0.717, 1.165) is 25.0 Å². The molecule has 2 heterocycles. The molecule has 2 amide bonds. The summed E-state index contributed by atoms with van der Waals surface area (Å²) < 4.78 is 0. The number of carbonyl (C=O) groups excluding carboxylic acids is 2. The molecule has 1 fully saturated rings. The fraction of sp³-hybridized carbons (Fsp3) is 0.381. The van der Waals surface area contributed by atoms with Gasteiger partial charge in [0.2, 0.25) is 11.8 Å². The second-order valence-corrected chi connectivity index (χ2v) is 7.15. The minimum Gasteiger partial charge on any atom is -0.349 e. The summed E-state index contributed by atoms with van der Waals surface area (Å²) in [6.45, 7) is 0.936. The lowest BCUT2D eigenvalue weighted by atomic mass is 9.87. The number of nitrogens with one attached hydrogen (secondary N) is 1. The molecule has 26 heavy (non-hydrogen) atoms. The first kappa shape index (κ1) is 16.8. The Bertz CT molecular complexity index is 806. The Morgan fingerprint density at radius 1 is 1.19 bits per heavy atom. The molecule has 0 saturated carbocycles. The number of aryl methyl sites for hydroxylation is 1. The van der Waals surface area contributed by atoms with E-state index in [2.05, 4.69) is 22.4 Å². The van der Waals surface area contributed by atoms with Gasteiger partial charge in [0, 0.05) is 19.2 Å². The molecule has 2 aliphatic rings. The van der Waals surface area contributed by atoms with Crippen LogP contribution >= 0.6 is 0 Å². The van der Waals surface area contributed by atoms with E-state index in [1.54, 1.807) is 11.1 Å². The number of pyridine rings is 1. The van der Waals surface area contributed by atoms with Gasteiger partial charge in [-0.15, -0.1) is 0 Å². The van der Waals surface area contributed by atoms with Crippen molar-refractivity contribution in [2.24, 2.45) is 5.92 Å². The van der Waals surface area contributed by atoms with Gasteiger partial charge in [-0.2, -0.15) is 0 Å². The number of amides is 2. The zero-order valence-electron chi connectivity index (χ0n) is 14.7. The number of rotatable bonds is 4. The standard InChI is InChI=1S/C21H23N3O2/c25-20-12-16(13-24(20)14-17-8-3-4-11-22-17)21(26)23-19-10-5-7-15-6-1-2-9-18(15)19/h1-4,6,8-9,11,16,19H,5,7,10,12-14H2,(H,23,26)/t16-,19+/m1/s1. The van der Waals surface area contributed by atoms with Gasteiger partial charge in [-0.05, 0) is 42.5 Å². The molecule has 2 aromatic rings. The predicted octanol–water partition coefficient (Wildman–Crippen LogP) is 2.62. The Kier molecular flexibility index (Phi) is 4.69. The van der Waals surface area contributed by atoms with Crippen LogP contribution in [0.15, 0.2) is 48.7 Å². The molecule has 1 aromatic heterocycles. The van der Waals surface area contributed by atoms with Crippen molar-refractivity contribution in [3.05, 3.63) is 65.5 Å². The Morgan fingerprint density at radius 2 is 2.04 bits per heavy atom. The quantitative estimate of drug-likeness (QED) is 0.923. The van der Waals surface area contributed by atoms with E-state index in [4.69, 9.17) is 0 Å². The largest absolute Gasteiger partial charge is 0.349 e. The summed E-state index contributed by atoms with van der Waals surface area (Å²) in [4.78, 5) is 31.1. The van der Waals surface area contributed by atoms with E-state index in [1.807, 2.05) is 30.3 Å². The van der Waals surface area contributed by atoms with E-state index in [0.29, 0.717) is 13.1 Å². The fourth-order valence-electron chi connectivity index (χ4n) is 3.98. The van der Waals surface area contributed by atoms with Gasteiger partial charge < -0.3 is 10.2 Å². The van der Waals surface area contributed by atoms with Crippen molar-refractivity contribution < 1.29 is 9.59 Å². The highest BCUT2D eigenvalue weighted by Gasteiger charge is 2.35. The summed E-state index contributed by atoms with van der Waals surface area (Å²) in [6.07, 6.45) is 5.12. The highest BCUT2D eigenvalue weighted by Crippen LogP contribution is 2.30. The molecule has 5 heteroatoms. The number of fused-ring (bicyclic) bond motifs is 1. The van der Waals surface area contributed by atoms with E-state index in [1.165, 1.54) is 11.1 Å². The van der Waals surface area contributed by atoms with Crippen molar-refractivity contribution in [3.63, 3.8) is 0 Å². The van der Waals surface area contributed by atoms with Gasteiger partial charge in [0.25, 0.3) is 0 Å². The summed E-state index contributed by atoms with van der Waals surface area (Å²) in [5, 5.41) is 3.19. The van der Waals surface area contributed by atoms with Crippen LogP contribution in [-0.4, -0.2) is 28.2 Å². The molecule has 5 nitrogen and oxygen atoms in total. The van der Waals surface area contributed by atoms with E-state index >= 15 is 0 Å². The van der Waals surface area contributed by atoms with Crippen molar-refractivity contribution in [2.75, 3.05) is 6.54 Å². The van der Waals surface area contributed by atoms with Crippen molar-refractivity contribution in [3.8, 4) is 0 Å². The van der Waals surface area contributed by atoms with Gasteiger partial charge in [0.05, 0.1) is 24.2 Å². The molecule has 1 aromatic carbocycles. The maximum atomic E-state index is 12.8. The van der Waals surface area contributed by atoms with Crippen LogP contribution in [0.25, 0.3) is 0 Å². The molecule has 0 bridgehead atoms. The zero-order valence-corrected chi connectivity index (χ0v) is 14.7. The lowest BCUT2D eigenvalue weighted by Crippen LogP contribution is -2.36. The normalized spacial score (nSPS) is 22.2. The van der Waals surface area contributed by atoms with E-state index in [9.17, 15) is 9.59 Å². The first-order valence-corrected chi connectivity index (χ1v) is 9.26. The first-order chi connectivity index (χ1) is 12.7. The summed E-state index contributed by atoms with van der Waals surface area (Å²) >= 11 is 0. The zero-order chi connectivity index (χ0) is 17.9. The third-order valence-electron chi connectivity index (χ3n) is 5.35. The van der Waals surface area contributed by atoms with E-state index in [-0.39, 0.29) is 30.2 Å². The third kappa shape index (κ3) is 3.47. The van der Waals surface area contributed by atoms with Gasteiger partial charge >= 0.3 is 0 Å². The van der Waals surface area contributed by atoms with Crippen LogP contribution < -0.4 is 5.32 Å². The molecule has 0 spiro atoms. The topological polar surface area (TPSA) is 62.3 Å². The molecule has 1 aliphatic heterocycles. The second-order valence-electron chi connectivity index (χ2n) is 7.15. The van der Waals surface area contributed by atoms with Gasteiger partial charge in [-0.3, -0.25) is 14.6 Å². The summed E-state index contributed by atoms with van der Waals surface area (Å²) in [5.74, 6) is -0.260. The third-order valence-corrected chi connectivity index (χ3v) is 5.35. The maximum Gasteiger partial charge on any atom is 0.225 e. The van der Waals surface area contributed by atoms with Gasteiger partial charge in [-0.25, -0.2) is 0 Å². The highest BCUT2D eigenvalue weighted by atomic mass is 16.2. The molecule has 1 N–H and O–H groups in total. The maximum absolute atomic E-state index is 12.8. The Balaban J connectivity index is 1.40. The number of carbonyl (C=O) groups is 2. The van der Waals surface area contributed by atoms with Gasteiger partial charge in [0.1, 0.15) is 0 Å². The number of aromatic nitrogens is 1. The predicted molar refractivity (Wildman–Crippen MR) is 98.0 cm³/mol. The van der Waals surface area contributed by atoms with Crippen LogP contribution in [0.4, 0.5) is 0 Å². The minimum absolute atomic E-state index is 0.0106. The lowest BCUT2D eigenvalue weighted by molar-refractivity contribution is -0.129. The molecular weight excluding hydrogens is 326 g/mol. The summed E-state index contributed by atoms with van der Waals surface area (Å²) in [7, 11) is 0. The summed E-state index contributed by atoms with van der Waals surface area (Å²) in [5.41, 5.74) is 3.40. The van der Waals surface area contributed by atoms with Crippen LogP contribution in [0.2, 0.25) is 0 Å². The number of likely N-dealkylation sites (tertiary alicyclic amines) is 1. The molecule has 1 aliphatic carbocycles. The number of hydrogen-bond donors (Lipinski definition) is 1. The Hall–Kier alpha value is -2.69. The fourth-order valence-corrected chi connectivity index (χ4v) is 3.98. The second kappa shape index (κ2) is 7.28. The van der Waals surface area contributed by atoms with E-state index < -0.39 is 0 Å². The molecular formula is C21H23N3O2. The Labute approximate surface area is 153 Å². The van der Waals surface area contributed by atoms with Crippen LogP contribution in [0.1, 0.15) is 42.1 Å². The van der Waals surface area contributed by atoms with Crippen molar-refractivity contribution >= 4 is 11.8 Å². The first-order valence-electron chi connectivity index (χ1n) is 9.26.